The zero-order valence-corrected chi connectivity index (χ0v) is 14.2. The molecular formula is C20H15F2N3O. The van der Waals surface area contributed by atoms with Gasteiger partial charge in [-0.25, -0.2) is 13.3 Å². The Balaban J connectivity index is 1.85. The average Bonchev–Trinajstić information content (AvgIpc) is 3.09. The molecule has 2 aromatic heterocycles. The van der Waals surface area contributed by atoms with Crippen molar-refractivity contribution in [1.82, 2.24) is 14.2 Å². The van der Waals surface area contributed by atoms with Crippen LogP contribution in [0.2, 0.25) is 0 Å². The number of benzene rings is 2. The van der Waals surface area contributed by atoms with E-state index >= 15 is 0 Å². The van der Waals surface area contributed by atoms with Crippen molar-refractivity contribution in [3.8, 4) is 0 Å². The molecule has 6 heteroatoms. The molecule has 0 saturated heterocycles. The van der Waals surface area contributed by atoms with Gasteiger partial charge in [0.1, 0.15) is 17.3 Å². The van der Waals surface area contributed by atoms with E-state index in [1.807, 2.05) is 35.9 Å². The lowest BCUT2D eigenvalue weighted by Crippen LogP contribution is -2.00. The van der Waals surface area contributed by atoms with Crippen LogP contribution in [0.15, 0.2) is 48.5 Å². The number of carbonyl (C=O) groups is 1. The topological polar surface area (TPSA) is 39.3 Å². The van der Waals surface area contributed by atoms with E-state index in [-0.39, 0.29) is 11.3 Å². The Hall–Kier alpha value is -3.28. The fourth-order valence-electron chi connectivity index (χ4n) is 3.23. The van der Waals surface area contributed by atoms with Crippen LogP contribution < -0.4 is 0 Å². The monoisotopic (exact) mass is 351 g/mol. The first-order chi connectivity index (χ1) is 12.5. The molecule has 4 nitrogen and oxygen atoms in total. The first kappa shape index (κ1) is 16.2. The van der Waals surface area contributed by atoms with Crippen molar-refractivity contribution < 1.29 is 13.6 Å². The van der Waals surface area contributed by atoms with E-state index < -0.39 is 11.6 Å². The number of imidazole rings is 1. The van der Waals surface area contributed by atoms with Crippen LogP contribution in [-0.2, 0) is 7.05 Å². The van der Waals surface area contributed by atoms with Crippen molar-refractivity contribution in [3.63, 3.8) is 0 Å². The van der Waals surface area contributed by atoms with Gasteiger partial charge in [0.2, 0.25) is 0 Å². The predicted octanol–water partition coefficient (Wildman–Crippen LogP) is 4.31. The van der Waals surface area contributed by atoms with E-state index in [0.29, 0.717) is 16.9 Å². The van der Waals surface area contributed by atoms with Gasteiger partial charge in [-0.3, -0.25) is 4.79 Å². The molecule has 0 N–H and O–H groups in total. The van der Waals surface area contributed by atoms with Crippen molar-refractivity contribution in [2.75, 3.05) is 0 Å². The Morgan fingerprint density at radius 3 is 2.38 bits per heavy atom. The summed E-state index contributed by atoms with van der Waals surface area (Å²) in [6.07, 6.45) is 2.35. The number of carbonyl (C=O) groups excluding carboxylic acids is 1. The van der Waals surface area contributed by atoms with Crippen LogP contribution in [0.3, 0.4) is 0 Å². The van der Waals surface area contributed by atoms with E-state index in [1.54, 1.807) is 11.4 Å². The van der Waals surface area contributed by atoms with Gasteiger partial charge in [-0.15, -0.1) is 0 Å². The molecule has 4 aromatic rings. The maximum absolute atomic E-state index is 13.8. The third kappa shape index (κ3) is 2.34. The molecule has 0 amide bonds. The normalized spacial score (nSPS) is 11.8. The van der Waals surface area contributed by atoms with Crippen molar-refractivity contribution in [1.29, 1.82) is 0 Å². The molecule has 0 fully saturated rings. The Morgan fingerprint density at radius 2 is 1.69 bits per heavy atom. The molecule has 0 aliphatic rings. The summed E-state index contributed by atoms with van der Waals surface area (Å²) < 4.78 is 31.1. The summed E-state index contributed by atoms with van der Waals surface area (Å²) >= 11 is 0. The van der Waals surface area contributed by atoms with Gasteiger partial charge in [0.25, 0.3) is 0 Å². The van der Waals surface area contributed by atoms with Gasteiger partial charge in [0.15, 0.2) is 5.78 Å². The Bertz CT molecular complexity index is 1180. The molecule has 0 aliphatic carbocycles. The number of hydrogen-bond donors (Lipinski definition) is 0. The summed E-state index contributed by atoms with van der Waals surface area (Å²) in [5.41, 5.74) is 3.21. The first-order valence-electron chi connectivity index (χ1n) is 8.08. The Kier molecular flexibility index (Phi) is 3.68. The number of aromatic nitrogens is 3. The van der Waals surface area contributed by atoms with Crippen LogP contribution in [0.4, 0.5) is 8.78 Å². The maximum atomic E-state index is 13.8. The Labute approximate surface area is 148 Å². The zero-order valence-electron chi connectivity index (χ0n) is 14.2. The first-order valence-corrected chi connectivity index (χ1v) is 8.08. The molecule has 0 radical (unpaired) electrons. The van der Waals surface area contributed by atoms with Gasteiger partial charge in [-0.2, -0.15) is 5.10 Å². The molecule has 0 spiro atoms. The number of allylic oxidation sites excluding steroid dienone is 1. The lowest BCUT2D eigenvalue weighted by Gasteiger charge is -2.00. The fourth-order valence-corrected chi connectivity index (χ4v) is 3.23. The summed E-state index contributed by atoms with van der Waals surface area (Å²) in [5, 5.41) is 4.47. The minimum Gasteiger partial charge on any atom is -0.327 e. The molecule has 4 rings (SSSR count). The molecular weight excluding hydrogens is 336 g/mol. The highest BCUT2D eigenvalue weighted by Gasteiger charge is 2.21. The van der Waals surface area contributed by atoms with Gasteiger partial charge in [0, 0.05) is 12.6 Å². The van der Waals surface area contributed by atoms with Gasteiger partial charge >= 0.3 is 0 Å². The van der Waals surface area contributed by atoms with Gasteiger partial charge < -0.3 is 4.57 Å². The summed E-state index contributed by atoms with van der Waals surface area (Å²) in [5.74, 6) is -1.78. The number of nitrogens with zero attached hydrogens (tertiary/aromatic N) is 3. The van der Waals surface area contributed by atoms with Crippen LogP contribution in [0.5, 0.6) is 0 Å². The molecule has 26 heavy (non-hydrogen) atoms. The van der Waals surface area contributed by atoms with E-state index in [0.717, 1.165) is 23.2 Å². The Morgan fingerprint density at radius 1 is 1.04 bits per heavy atom. The van der Waals surface area contributed by atoms with Crippen LogP contribution >= 0.6 is 0 Å². The smallest absolute Gasteiger partial charge is 0.191 e. The highest BCUT2D eigenvalue weighted by Crippen LogP contribution is 2.25. The van der Waals surface area contributed by atoms with E-state index in [1.165, 1.54) is 18.2 Å². The van der Waals surface area contributed by atoms with Gasteiger partial charge in [-0.05, 0) is 43.3 Å². The SMILES string of the molecule is Cc1nn2c3ccccc3n(C)c2c1C(=O)/C=C/c1c(F)cccc1F. The minimum atomic E-state index is -0.712. The molecule has 2 aromatic carbocycles. The molecule has 130 valence electrons. The summed E-state index contributed by atoms with van der Waals surface area (Å²) in [4.78, 5) is 12.8. The largest absolute Gasteiger partial charge is 0.327 e. The molecule has 0 atom stereocenters. The van der Waals surface area contributed by atoms with Crippen molar-refractivity contribution >= 4 is 28.5 Å². The highest BCUT2D eigenvalue weighted by atomic mass is 19.1. The number of aryl methyl sites for hydroxylation is 2. The second-order valence-electron chi connectivity index (χ2n) is 6.08. The lowest BCUT2D eigenvalue weighted by molar-refractivity contribution is 0.104. The quantitative estimate of drug-likeness (QED) is 0.408. The van der Waals surface area contributed by atoms with Crippen LogP contribution in [-0.4, -0.2) is 20.0 Å². The summed E-state index contributed by atoms with van der Waals surface area (Å²) in [6, 6.07) is 11.3. The second-order valence-corrected chi connectivity index (χ2v) is 6.08. The maximum Gasteiger partial charge on any atom is 0.191 e. The number of ketones is 1. The molecule has 0 unspecified atom stereocenters. The second kappa shape index (κ2) is 5.91. The van der Waals surface area contributed by atoms with Crippen molar-refractivity contribution in [2.45, 2.75) is 6.92 Å². The number of rotatable bonds is 3. The summed E-state index contributed by atoms with van der Waals surface area (Å²) in [7, 11) is 1.86. The van der Waals surface area contributed by atoms with E-state index in [2.05, 4.69) is 5.10 Å². The van der Waals surface area contributed by atoms with Crippen LogP contribution in [0.25, 0.3) is 22.8 Å². The molecule has 0 aliphatic heterocycles. The minimum absolute atomic E-state index is 0.237. The lowest BCUT2D eigenvalue weighted by atomic mass is 10.1. The predicted molar refractivity (Wildman–Crippen MR) is 96.1 cm³/mol. The number of para-hydroxylation sites is 2. The van der Waals surface area contributed by atoms with Crippen molar-refractivity contribution in [2.24, 2.45) is 7.05 Å². The zero-order chi connectivity index (χ0) is 18.4. The number of halogens is 2. The average molecular weight is 351 g/mol. The standard InChI is InChI=1S/C20H15F2N3O/c1-12-19(18(26)11-10-13-14(21)6-5-7-15(13)22)20-24(2)16-8-3-4-9-17(16)25(20)23-12/h3-11H,1-2H3/b11-10+. The van der Waals surface area contributed by atoms with Crippen molar-refractivity contribution in [3.05, 3.63) is 77.0 Å². The highest BCUT2D eigenvalue weighted by molar-refractivity contribution is 6.12. The fraction of sp³-hybridized carbons (Fsp3) is 0.100. The summed E-state index contributed by atoms with van der Waals surface area (Å²) in [6.45, 7) is 1.74. The third-order valence-corrected chi connectivity index (χ3v) is 4.47. The third-order valence-electron chi connectivity index (χ3n) is 4.47. The van der Waals surface area contributed by atoms with Gasteiger partial charge in [0.05, 0.1) is 22.3 Å². The van der Waals surface area contributed by atoms with Gasteiger partial charge in [-0.1, -0.05) is 18.2 Å². The number of fused-ring (bicyclic) bond motifs is 3. The van der Waals surface area contributed by atoms with Crippen LogP contribution in [0, 0.1) is 18.6 Å². The molecule has 0 saturated carbocycles. The number of hydrogen-bond acceptors (Lipinski definition) is 2. The van der Waals surface area contributed by atoms with E-state index in [4.69, 9.17) is 0 Å². The van der Waals surface area contributed by atoms with Crippen LogP contribution in [0.1, 0.15) is 21.6 Å². The van der Waals surface area contributed by atoms with E-state index in [9.17, 15) is 13.6 Å². The molecule has 2 heterocycles. The molecule has 0 bridgehead atoms.